The smallest absolute Gasteiger partial charge is 0.108 e. The van der Waals surface area contributed by atoms with Crippen LogP contribution in [0, 0.1) is 0 Å². The van der Waals surface area contributed by atoms with Crippen molar-refractivity contribution in [3.8, 4) is 0 Å². The molecule has 1 aliphatic heterocycles. The number of aliphatic imine (C=N–C) groups is 1. The molecule has 0 atom stereocenters. The van der Waals surface area contributed by atoms with Crippen LogP contribution in [0.2, 0.25) is 0 Å². The summed E-state index contributed by atoms with van der Waals surface area (Å²) in [7, 11) is 0. The molecule has 3 N–H and O–H groups in total. The van der Waals surface area contributed by atoms with Gasteiger partial charge in [-0.15, -0.1) is 0 Å². The lowest BCUT2D eigenvalue weighted by Crippen LogP contribution is -2.22. The molecule has 0 saturated carbocycles. The second-order valence-corrected chi connectivity index (χ2v) is 1.29. The summed E-state index contributed by atoms with van der Waals surface area (Å²) in [4.78, 5) is 3.84. The van der Waals surface area contributed by atoms with Gasteiger partial charge in [-0.2, -0.15) is 0 Å². The van der Waals surface area contributed by atoms with Gasteiger partial charge in [0, 0.05) is 6.21 Å². The maximum atomic E-state index is 5.29. The first-order valence-electron chi connectivity index (χ1n) is 2.09. The average molecular weight is 97.1 g/mol. The van der Waals surface area contributed by atoms with Crippen molar-refractivity contribution in [2.45, 2.75) is 0 Å². The lowest BCUT2D eigenvalue weighted by molar-refractivity contribution is 0.809. The van der Waals surface area contributed by atoms with Crippen LogP contribution in [0.4, 0.5) is 0 Å². The predicted octanol–water partition coefficient (Wildman–Crippen LogP) is -0.582. The number of hydrogen-bond donors (Lipinski definition) is 2. The largest absolute Gasteiger partial charge is 0.385 e. The Labute approximate surface area is 41.9 Å². The Morgan fingerprint density at radius 3 is 3.00 bits per heavy atom. The summed E-state index contributed by atoms with van der Waals surface area (Å²) in [6.45, 7) is 0.613. The highest BCUT2D eigenvalue weighted by Gasteiger charge is 1.86. The Morgan fingerprint density at radius 1 is 1.86 bits per heavy atom. The van der Waals surface area contributed by atoms with Crippen LogP contribution in [0.15, 0.2) is 16.9 Å². The molecule has 7 heavy (non-hydrogen) atoms. The molecule has 1 rings (SSSR count). The molecule has 0 amide bonds. The zero-order valence-electron chi connectivity index (χ0n) is 3.89. The number of allylic oxidation sites excluding steroid dienone is 1. The van der Waals surface area contributed by atoms with Gasteiger partial charge in [0.15, 0.2) is 0 Å². The lowest BCUT2D eigenvalue weighted by Gasteiger charge is -2.03. The van der Waals surface area contributed by atoms with Crippen molar-refractivity contribution in [1.82, 2.24) is 5.32 Å². The number of nitrogens with zero attached hydrogens (tertiary/aromatic N) is 1. The average Bonchev–Trinajstić information content (AvgIpc) is 1.69. The van der Waals surface area contributed by atoms with Gasteiger partial charge < -0.3 is 11.1 Å². The van der Waals surface area contributed by atoms with Gasteiger partial charge in [0.2, 0.25) is 0 Å². The Kier molecular flexibility index (Phi) is 0.978. The lowest BCUT2D eigenvalue weighted by atomic mass is 10.5. The first-order chi connectivity index (χ1) is 3.39. The first-order valence-corrected chi connectivity index (χ1v) is 2.09. The molecule has 0 aromatic carbocycles. The molecule has 3 heteroatoms. The molecule has 0 unspecified atom stereocenters. The maximum absolute atomic E-state index is 5.29. The normalized spacial score (nSPS) is 18.0. The minimum atomic E-state index is 0.613. The van der Waals surface area contributed by atoms with Crippen LogP contribution in [0.3, 0.4) is 0 Å². The highest BCUT2D eigenvalue weighted by molar-refractivity contribution is 5.72. The minimum absolute atomic E-state index is 0.613. The van der Waals surface area contributed by atoms with Crippen LogP contribution in [0.1, 0.15) is 0 Å². The Hall–Kier alpha value is -0.990. The first kappa shape index (κ1) is 4.18. The Morgan fingerprint density at radius 2 is 2.71 bits per heavy atom. The van der Waals surface area contributed by atoms with Crippen molar-refractivity contribution in [3.05, 3.63) is 11.9 Å². The minimum Gasteiger partial charge on any atom is -0.385 e. The van der Waals surface area contributed by atoms with Crippen LogP contribution in [-0.4, -0.2) is 12.9 Å². The molecular weight excluding hydrogens is 90.1 g/mol. The van der Waals surface area contributed by atoms with Gasteiger partial charge >= 0.3 is 0 Å². The molecule has 38 valence electrons. The number of nitrogens with one attached hydrogen (secondary N) is 1. The zero-order chi connectivity index (χ0) is 5.11. The van der Waals surface area contributed by atoms with Gasteiger partial charge in [0.1, 0.15) is 6.67 Å². The molecular formula is C4H7N3. The van der Waals surface area contributed by atoms with Crippen molar-refractivity contribution in [1.29, 1.82) is 0 Å². The molecule has 0 fully saturated rings. The van der Waals surface area contributed by atoms with Crippen LogP contribution in [-0.2, 0) is 0 Å². The van der Waals surface area contributed by atoms with E-state index >= 15 is 0 Å². The summed E-state index contributed by atoms with van der Waals surface area (Å²) < 4.78 is 0. The molecule has 3 nitrogen and oxygen atoms in total. The third kappa shape index (κ3) is 0.924. The highest BCUT2D eigenvalue weighted by atomic mass is 15.1. The van der Waals surface area contributed by atoms with E-state index in [2.05, 4.69) is 10.3 Å². The summed E-state index contributed by atoms with van der Waals surface area (Å²) in [6, 6.07) is 0. The maximum Gasteiger partial charge on any atom is 0.108 e. The second-order valence-electron chi connectivity index (χ2n) is 1.29. The molecule has 1 heterocycles. The SMILES string of the molecule is NC1=CC=NCN1. The fraction of sp³-hybridized carbons (Fsp3) is 0.250. The van der Waals surface area contributed by atoms with Gasteiger partial charge in [0.25, 0.3) is 0 Å². The molecule has 1 aliphatic rings. The standard InChI is InChI=1S/C4H7N3/c5-4-1-2-6-3-7-4/h1-2,7H,3,5H2. The third-order valence-corrected chi connectivity index (χ3v) is 0.734. The van der Waals surface area contributed by atoms with Crippen LogP contribution in [0.25, 0.3) is 0 Å². The van der Waals surface area contributed by atoms with Gasteiger partial charge in [-0.05, 0) is 6.08 Å². The van der Waals surface area contributed by atoms with E-state index in [1.807, 2.05) is 0 Å². The second kappa shape index (κ2) is 1.64. The van der Waals surface area contributed by atoms with Crippen molar-refractivity contribution < 1.29 is 0 Å². The van der Waals surface area contributed by atoms with Crippen molar-refractivity contribution in [2.24, 2.45) is 10.7 Å². The van der Waals surface area contributed by atoms with Crippen LogP contribution >= 0.6 is 0 Å². The van der Waals surface area contributed by atoms with Gasteiger partial charge in [0.05, 0.1) is 5.82 Å². The molecule has 0 aromatic heterocycles. The van der Waals surface area contributed by atoms with Gasteiger partial charge in [-0.3, -0.25) is 4.99 Å². The van der Waals surface area contributed by atoms with Gasteiger partial charge in [-0.25, -0.2) is 0 Å². The number of hydrogen-bond acceptors (Lipinski definition) is 3. The molecule has 0 bridgehead atoms. The van der Waals surface area contributed by atoms with E-state index in [0.717, 1.165) is 0 Å². The van der Waals surface area contributed by atoms with E-state index in [1.165, 1.54) is 0 Å². The molecule has 0 radical (unpaired) electrons. The quantitative estimate of drug-likeness (QED) is 0.425. The fourth-order valence-electron chi connectivity index (χ4n) is 0.382. The van der Waals surface area contributed by atoms with Crippen molar-refractivity contribution in [2.75, 3.05) is 6.67 Å². The monoisotopic (exact) mass is 97.1 g/mol. The molecule has 0 saturated heterocycles. The Bertz CT molecular complexity index is 114. The molecule has 0 aromatic rings. The summed E-state index contributed by atoms with van der Waals surface area (Å²) in [6.07, 6.45) is 3.41. The van der Waals surface area contributed by atoms with E-state index in [1.54, 1.807) is 12.3 Å². The molecule has 0 spiro atoms. The summed E-state index contributed by atoms with van der Waals surface area (Å²) in [5, 5.41) is 2.82. The van der Waals surface area contributed by atoms with Crippen molar-refractivity contribution in [3.63, 3.8) is 0 Å². The van der Waals surface area contributed by atoms with Crippen LogP contribution < -0.4 is 11.1 Å². The third-order valence-electron chi connectivity index (χ3n) is 0.734. The van der Waals surface area contributed by atoms with E-state index in [0.29, 0.717) is 12.5 Å². The fourth-order valence-corrected chi connectivity index (χ4v) is 0.382. The zero-order valence-corrected chi connectivity index (χ0v) is 3.89. The van der Waals surface area contributed by atoms with E-state index in [9.17, 15) is 0 Å². The number of nitrogens with two attached hydrogens (primary N) is 1. The topological polar surface area (TPSA) is 50.4 Å². The highest BCUT2D eigenvalue weighted by Crippen LogP contribution is 1.79. The van der Waals surface area contributed by atoms with Crippen LogP contribution in [0.5, 0.6) is 0 Å². The predicted molar refractivity (Wildman–Crippen MR) is 28.8 cm³/mol. The van der Waals surface area contributed by atoms with E-state index in [-0.39, 0.29) is 0 Å². The number of rotatable bonds is 0. The summed E-state index contributed by atoms with van der Waals surface area (Å²) in [5.74, 6) is 0.690. The van der Waals surface area contributed by atoms with Gasteiger partial charge in [-0.1, -0.05) is 0 Å². The van der Waals surface area contributed by atoms with E-state index in [4.69, 9.17) is 5.73 Å². The van der Waals surface area contributed by atoms with E-state index < -0.39 is 0 Å². The summed E-state index contributed by atoms with van der Waals surface area (Å²) >= 11 is 0. The molecule has 0 aliphatic carbocycles. The summed E-state index contributed by atoms with van der Waals surface area (Å²) in [5.41, 5.74) is 5.29. The Balaban J connectivity index is 2.57. The van der Waals surface area contributed by atoms with Crippen molar-refractivity contribution >= 4 is 6.21 Å².